The molecule has 0 spiro atoms. The van der Waals surface area contributed by atoms with Gasteiger partial charge in [0.25, 0.3) is 0 Å². The number of nitrogens with zero attached hydrogens (tertiary/aromatic N) is 2. The van der Waals surface area contributed by atoms with Gasteiger partial charge in [-0.3, -0.25) is 9.88 Å². The maximum atomic E-state index is 5.21. The second-order valence-corrected chi connectivity index (χ2v) is 4.39. The summed E-state index contributed by atoms with van der Waals surface area (Å²) in [4.78, 5) is 6.70. The fourth-order valence-corrected chi connectivity index (χ4v) is 2.32. The van der Waals surface area contributed by atoms with E-state index in [1.54, 1.807) is 14.2 Å². The molecule has 0 unspecified atom stereocenters. The third-order valence-corrected chi connectivity index (χ3v) is 3.22. The number of rotatable bonds is 5. The van der Waals surface area contributed by atoms with Crippen molar-refractivity contribution >= 4 is 0 Å². The number of hydrogen-bond donors (Lipinski definition) is 0. The summed E-state index contributed by atoms with van der Waals surface area (Å²) in [5.74, 6) is 0. The average Bonchev–Trinajstić information content (AvgIpc) is 2.37. The number of fused-ring (bicyclic) bond motifs is 1. The van der Waals surface area contributed by atoms with Crippen molar-refractivity contribution in [3.63, 3.8) is 0 Å². The highest BCUT2D eigenvalue weighted by atomic mass is 16.5. The first-order chi connectivity index (χ1) is 8.35. The van der Waals surface area contributed by atoms with Gasteiger partial charge in [0.05, 0.1) is 13.2 Å². The Morgan fingerprint density at radius 1 is 1.29 bits per heavy atom. The lowest BCUT2D eigenvalue weighted by molar-refractivity contribution is 0.139. The van der Waals surface area contributed by atoms with Crippen LogP contribution in [0.25, 0.3) is 0 Å². The predicted octanol–water partition coefficient (Wildman–Crippen LogP) is 1.23. The fraction of sp³-hybridized carbons (Fsp3) is 0.615. The van der Waals surface area contributed by atoms with Crippen LogP contribution < -0.4 is 0 Å². The molecule has 0 fully saturated rings. The summed E-state index contributed by atoms with van der Waals surface area (Å²) >= 11 is 0. The molecule has 1 aliphatic heterocycles. The van der Waals surface area contributed by atoms with Gasteiger partial charge in [-0.1, -0.05) is 0 Å². The molecule has 0 radical (unpaired) electrons. The first-order valence-electron chi connectivity index (χ1n) is 6.00. The van der Waals surface area contributed by atoms with E-state index in [1.807, 2.05) is 12.4 Å². The third-order valence-electron chi connectivity index (χ3n) is 3.22. The molecule has 1 aromatic rings. The van der Waals surface area contributed by atoms with Crippen LogP contribution in [0.1, 0.15) is 16.7 Å². The number of hydrogen-bond acceptors (Lipinski definition) is 4. The van der Waals surface area contributed by atoms with Crippen molar-refractivity contribution in [3.05, 3.63) is 29.1 Å². The van der Waals surface area contributed by atoms with Gasteiger partial charge in [-0.15, -0.1) is 0 Å². The number of aromatic nitrogens is 1. The van der Waals surface area contributed by atoms with Gasteiger partial charge in [-0.2, -0.15) is 0 Å². The van der Waals surface area contributed by atoms with E-state index >= 15 is 0 Å². The maximum Gasteiger partial charge on any atom is 0.0730 e. The van der Waals surface area contributed by atoms with Crippen LogP contribution in [0.2, 0.25) is 0 Å². The van der Waals surface area contributed by atoms with Crippen LogP contribution >= 0.6 is 0 Å². The average molecular weight is 236 g/mol. The zero-order valence-electron chi connectivity index (χ0n) is 10.6. The van der Waals surface area contributed by atoms with E-state index in [4.69, 9.17) is 9.47 Å². The molecule has 17 heavy (non-hydrogen) atoms. The molecule has 94 valence electrons. The Labute approximate surface area is 103 Å². The van der Waals surface area contributed by atoms with Gasteiger partial charge in [-0.25, -0.2) is 0 Å². The van der Waals surface area contributed by atoms with Gasteiger partial charge < -0.3 is 9.47 Å². The van der Waals surface area contributed by atoms with Crippen molar-refractivity contribution < 1.29 is 9.47 Å². The Balaban J connectivity index is 2.08. The summed E-state index contributed by atoms with van der Waals surface area (Å²) in [6.45, 7) is 4.51. The molecular formula is C13H20N2O2. The standard InChI is InChI=1S/C13H20N2O2/c1-16-6-5-15-4-3-13-11(9-15)7-14-8-12(13)10-17-2/h7-8H,3-6,9-10H2,1-2H3. The molecule has 0 saturated carbocycles. The molecular weight excluding hydrogens is 216 g/mol. The van der Waals surface area contributed by atoms with Crippen molar-refractivity contribution in [2.75, 3.05) is 33.9 Å². The molecule has 0 N–H and O–H groups in total. The normalized spacial score (nSPS) is 15.9. The molecule has 0 aliphatic carbocycles. The van der Waals surface area contributed by atoms with Crippen LogP contribution in [-0.4, -0.2) is 43.8 Å². The summed E-state index contributed by atoms with van der Waals surface area (Å²) < 4.78 is 10.3. The van der Waals surface area contributed by atoms with Gasteiger partial charge in [-0.05, 0) is 23.1 Å². The minimum absolute atomic E-state index is 0.661. The zero-order chi connectivity index (χ0) is 12.1. The van der Waals surface area contributed by atoms with Gasteiger partial charge in [0.15, 0.2) is 0 Å². The number of ether oxygens (including phenoxy) is 2. The van der Waals surface area contributed by atoms with E-state index in [0.29, 0.717) is 6.61 Å². The highest BCUT2D eigenvalue weighted by molar-refractivity contribution is 5.33. The lowest BCUT2D eigenvalue weighted by Gasteiger charge is -2.29. The molecule has 4 heteroatoms. The van der Waals surface area contributed by atoms with E-state index < -0.39 is 0 Å². The molecule has 0 atom stereocenters. The molecule has 0 bridgehead atoms. The summed E-state index contributed by atoms with van der Waals surface area (Å²) in [7, 11) is 3.48. The first-order valence-corrected chi connectivity index (χ1v) is 6.00. The van der Waals surface area contributed by atoms with Crippen LogP contribution in [0.4, 0.5) is 0 Å². The molecule has 4 nitrogen and oxygen atoms in total. The van der Waals surface area contributed by atoms with Crippen LogP contribution in [-0.2, 0) is 29.0 Å². The summed E-state index contributed by atoms with van der Waals surface area (Å²) in [5, 5.41) is 0. The maximum absolute atomic E-state index is 5.21. The molecule has 0 amide bonds. The monoisotopic (exact) mass is 236 g/mol. The molecule has 0 saturated heterocycles. The molecule has 0 aromatic carbocycles. The van der Waals surface area contributed by atoms with Gasteiger partial charge in [0, 0.05) is 46.2 Å². The van der Waals surface area contributed by atoms with E-state index in [-0.39, 0.29) is 0 Å². The Kier molecular flexibility index (Phi) is 4.48. The minimum Gasteiger partial charge on any atom is -0.383 e. The van der Waals surface area contributed by atoms with Gasteiger partial charge >= 0.3 is 0 Å². The third kappa shape index (κ3) is 3.03. The van der Waals surface area contributed by atoms with E-state index in [9.17, 15) is 0 Å². The number of pyridine rings is 1. The lowest BCUT2D eigenvalue weighted by Crippen LogP contribution is -2.33. The van der Waals surface area contributed by atoms with E-state index in [0.717, 1.165) is 32.7 Å². The lowest BCUT2D eigenvalue weighted by atomic mass is 9.97. The Morgan fingerprint density at radius 2 is 2.18 bits per heavy atom. The summed E-state index contributed by atoms with van der Waals surface area (Å²) in [6, 6.07) is 0. The first kappa shape index (κ1) is 12.5. The highest BCUT2D eigenvalue weighted by Crippen LogP contribution is 2.21. The molecule has 2 heterocycles. The highest BCUT2D eigenvalue weighted by Gasteiger charge is 2.18. The van der Waals surface area contributed by atoms with Crippen molar-refractivity contribution in [2.24, 2.45) is 0 Å². The predicted molar refractivity (Wildman–Crippen MR) is 65.8 cm³/mol. The van der Waals surface area contributed by atoms with Crippen molar-refractivity contribution in [2.45, 2.75) is 19.6 Å². The molecule has 1 aromatic heterocycles. The van der Waals surface area contributed by atoms with Gasteiger partial charge in [0.2, 0.25) is 0 Å². The quantitative estimate of drug-likeness (QED) is 0.770. The van der Waals surface area contributed by atoms with E-state index in [1.165, 1.54) is 16.7 Å². The largest absolute Gasteiger partial charge is 0.383 e. The van der Waals surface area contributed by atoms with Crippen molar-refractivity contribution in [1.29, 1.82) is 0 Å². The topological polar surface area (TPSA) is 34.6 Å². The fourth-order valence-electron chi connectivity index (χ4n) is 2.32. The zero-order valence-corrected chi connectivity index (χ0v) is 10.6. The number of methoxy groups -OCH3 is 2. The van der Waals surface area contributed by atoms with Crippen molar-refractivity contribution in [1.82, 2.24) is 9.88 Å². The minimum atomic E-state index is 0.661. The smallest absolute Gasteiger partial charge is 0.0730 e. The molecule has 2 rings (SSSR count). The van der Waals surface area contributed by atoms with Crippen LogP contribution in [0.5, 0.6) is 0 Å². The van der Waals surface area contributed by atoms with Gasteiger partial charge in [0.1, 0.15) is 0 Å². The van der Waals surface area contributed by atoms with Crippen LogP contribution in [0.3, 0.4) is 0 Å². The Bertz CT molecular complexity index is 368. The Hall–Kier alpha value is -0.970. The van der Waals surface area contributed by atoms with Crippen LogP contribution in [0, 0.1) is 0 Å². The SMILES string of the molecule is COCCN1CCc2c(COC)cncc2C1. The van der Waals surface area contributed by atoms with Crippen molar-refractivity contribution in [3.8, 4) is 0 Å². The van der Waals surface area contributed by atoms with Crippen LogP contribution in [0.15, 0.2) is 12.4 Å². The van der Waals surface area contributed by atoms with E-state index in [2.05, 4.69) is 9.88 Å². The summed E-state index contributed by atoms with van der Waals surface area (Å²) in [6.07, 6.45) is 4.99. The second kappa shape index (κ2) is 6.10. The summed E-state index contributed by atoms with van der Waals surface area (Å²) in [5.41, 5.74) is 3.99. The Morgan fingerprint density at radius 3 is 2.94 bits per heavy atom. The second-order valence-electron chi connectivity index (χ2n) is 4.39. The molecule has 1 aliphatic rings.